The summed E-state index contributed by atoms with van der Waals surface area (Å²) in [6.07, 6.45) is 0. The Labute approximate surface area is 111 Å². The molecule has 0 saturated carbocycles. The molecule has 104 valence electrons. The van der Waals surface area contributed by atoms with Crippen molar-refractivity contribution in [3.63, 3.8) is 0 Å². The predicted octanol–water partition coefficient (Wildman–Crippen LogP) is 1.07. The third-order valence-corrected chi connectivity index (χ3v) is 3.14. The van der Waals surface area contributed by atoms with E-state index in [9.17, 15) is 9.18 Å². The predicted molar refractivity (Wildman–Crippen MR) is 71.3 cm³/mol. The fourth-order valence-electron chi connectivity index (χ4n) is 2.02. The molecular formula is C13H18FN3O2. The largest absolute Gasteiger partial charge is 0.397 e. The Morgan fingerprint density at radius 3 is 3.11 bits per heavy atom. The number of nitrogens with zero attached hydrogens (tertiary/aromatic N) is 1. The molecule has 6 heteroatoms. The minimum Gasteiger partial charge on any atom is -0.397 e. The number of benzene rings is 1. The van der Waals surface area contributed by atoms with E-state index in [0.29, 0.717) is 18.9 Å². The summed E-state index contributed by atoms with van der Waals surface area (Å²) in [7, 11) is 0. The molecular weight excluding hydrogens is 249 g/mol. The van der Waals surface area contributed by atoms with E-state index in [1.54, 1.807) is 0 Å². The summed E-state index contributed by atoms with van der Waals surface area (Å²) in [4.78, 5) is 14.0. The number of nitrogen functional groups attached to an aromatic ring is 1. The molecule has 1 unspecified atom stereocenters. The van der Waals surface area contributed by atoms with E-state index in [2.05, 4.69) is 5.32 Å². The molecule has 0 spiro atoms. The summed E-state index contributed by atoms with van der Waals surface area (Å²) in [6, 6.07) is 4.13. The molecule has 0 bridgehead atoms. The minimum atomic E-state index is -0.419. The molecule has 1 aromatic rings. The monoisotopic (exact) mass is 267 g/mol. The number of nitrogens with two attached hydrogens (primary N) is 1. The fourth-order valence-corrected chi connectivity index (χ4v) is 2.02. The lowest BCUT2D eigenvalue weighted by atomic mass is 10.2. The number of halogens is 1. The fraction of sp³-hybridized carbons (Fsp3) is 0.462. The Hall–Kier alpha value is -1.66. The van der Waals surface area contributed by atoms with Gasteiger partial charge < -0.3 is 15.8 Å². The van der Waals surface area contributed by atoms with Crippen LogP contribution in [0, 0.1) is 5.82 Å². The van der Waals surface area contributed by atoms with E-state index < -0.39 is 5.82 Å². The lowest BCUT2D eigenvalue weighted by Crippen LogP contribution is -2.47. The van der Waals surface area contributed by atoms with Crippen LogP contribution in [-0.2, 0) is 9.53 Å². The van der Waals surface area contributed by atoms with Crippen LogP contribution in [0.2, 0.25) is 0 Å². The second-order valence-corrected chi connectivity index (χ2v) is 4.67. The number of hydrogen-bond acceptors (Lipinski definition) is 4. The van der Waals surface area contributed by atoms with Gasteiger partial charge in [-0.1, -0.05) is 0 Å². The van der Waals surface area contributed by atoms with Crippen molar-refractivity contribution in [3.8, 4) is 0 Å². The number of amides is 1. The third-order valence-electron chi connectivity index (χ3n) is 3.14. The maximum Gasteiger partial charge on any atom is 0.238 e. The summed E-state index contributed by atoms with van der Waals surface area (Å²) in [5.41, 5.74) is 6.30. The number of morpholine rings is 1. The number of anilines is 2. The Morgan fingerprint density at radius 2 is 2.42 bits per heavy atom. The van der Waals surface area contributed by atoms with E-state index in [4.69, 9.17) is 10.5 Å². The Morgan fingerprint density at radius 1 is 1.63 bits per heavy atom. The molecule has 3 N–H and O–H groups in total. The molecule has 5 nitrogen and oxygen atoms in total. The molecule has 1 amide bonds. The maximum atomic E-state index is 12.9. The summed E-state index contributed by atoms with van der Waals surface area (Å²) in [6.45, 7) is 4.29. The molecule has 1 aliphatic heterocycles. The van der Waals surface area contributed by atoms with E-state index in [0.717, 1.165) is 6.54 Å². The van der Waals surface area contributed by atoms with E-state index in [-0.39, 0.29) is 24.2 Å². The average molecular weight is 267 g/mol. The topological polar surface area (TPSA) is 67.6 Å². The van der Waals surface area contributed by atoms with Gasteiger partial charge in [-0.15, -0.1) is 0 Å². The Bertz CT molecular complexity index is 467. The molecule has 1 atom stereocenters. The van der Waals surface area contributed by atoms with Gasteiger partial charge in [0.1, 0.15) is 5.82 Å². The smallest absolute Gasteiger partial charge is 0.238 e. The van der Waals surface area contributed by atoms with Gasteiger partial charge in [0, 0.05) is 12.6 Å². The van der Waals surface area contributed by atoms with Crippen molar-refractivity contribution >= 4 is 17.3 Å². The lowest BCUT2D eigenvalue weighted by Gasteiger charge is -2.32. The van der Waals surface area contributed by atoms with Crippen LogP contribution in [-0.4, -0.2) is 43.2 Å². The minimum absolute atomic E-state index is 0.160. The zero-order chi connectivity index (χ0) is 13.8. The standard InChI is InChI=1S/C13H18FN3O2/c1-9-8-19-5-4-17(9)7-13(18)16-12-3-2-10(14)6-11(12)15/h2-3,6,9H,4-5,7-8,15H2,1H3,(H,16,18). The molecule has 1 heterocycles. The van der Waals surface area contributed by atoms with Gasteiger partial charge in [0.2, 0.25) is 5.91 Å². The average Bonchev–Trinajstić information content (AvgIpc) is 2.36. The normalized spacial score (nSPS) is 20.2. The number of ether oxygens (including phenoxy) is 1. The molecule has 1 fully saturated rings. The van der Waals surface area contributed by atoms with Crippen LogP contribution >= 0.6 is 0 Å². The van der Waals surface area contributed by atoms with Crippen LogP contribution in [0.3, 0.4) is 0 Å². The highest BCUT2D eigenvalue weighted by Gasteiger charge is 2.21. The second kappa shape index (κ2) is 5.99. The van der Waals surface area contributed by atoms with Gasteiger partial charge in [-0.25, -0.2) is 4.39 Å². The van der Waals surface area contributed by atoms with Crippen molar-refractivity contribution in [2.75, 3.05) is 37.4 Å². The first-order valence-corrected chi connectivity index (χ1v) is 6.23. The van der Waals surface area contributed by atoms with Crippen LogP contribution in [0.15, 0.2) is 18.2 Å². The number of nitrogens with one attached hydrogen (secondary N) is 1. The SMILES string of the molecule is CC1COCCN1CC(=O)Nc1ccc(F)cc1N. The second-order valence-electron chi connectivity index (χ2n) is 4.67. The van der Waals surface area contributed by atoms with Gasteiger partial charge in [0.25, 0.3) is 0 Å². The van der Waals surface area contributed by atoms with Gasteiger partial charge in [-0.3, -0.25) is 9.69 Å². The number of hydrogen-bond donors (Lipinski definition) is 2. The van der Waals surface area contributed by atoms with Crippen molar-refractivity contribution in [1.82, 2.24) is 4.90 Å². The van der Waals surface area contributed by atoms with Crippen molar-refractivity contribution < 1.29 is 13.9 Å². The van der Waals surface area contributed by atoms with Crippen molar-refractivity contribution in [1.29, 1.82) is 0 Å². The van der Waals surface area contributed by atoms with Crippen molar-refractivity contribution in [2.24, 2.45) is 0 Å². The van der Waals surface area contributed by atoms with Crippen LogP contribution in [0.5, 0.6) is 0 Å². The summed E-state index contributed by atoms with van der Waals surface area (Å²) >= 11 is 0. The number of rotatable bonds is 3. The molecule has 1 saturated heterocycles. The highest BCUT2D eigenvalue weighted by Crippen LogP contribution is 2.19. The Balaban J connectivity index is 1.93. The highest BCUT2D eigenvalue weighted by atomic mass is 19.1. The summed E-state index contributed by atoms with van der Waals surface area (Å²) in [5.74, 6) is -0.579. The molecule has 0 aromatic heterocycles. The first kappa shape index (κ1) is 13.8. The molecule has 0 aliphatic carbocycles. The zero-order valence-corrected chi connectivity index (χ0v) is 10.9. The van der Waals surface area contributed by atoms with E-state index >= 15 is 0 Å². The molecule has 0 radical (unpaired) electrons. The van der Waals surface area contributed by atoms with Crippen molar-refractivity contribution in [3.05, 3.63) is 24.0 Å². The number of carbonyl (C=O) groups excluding carboxylic acids is 1. The van der Waals surface area contributed by atoms with E-state index in [1.807, 2.05) is 11.8 Å². The lowest BCUT2D eigenvalue weighted by molar-refractivity contribution is -0.119. The summed E-state index contributed by atoms with van der Waals surface area (Å²) < 4.78 is 18.2. The maximum absolute atomic E-state index is 12.9. The summed E-state index contributed by atoms with van der Waals surface area (Å²) in [5, 5.41) is 2.69. The first-order valence-electron chi connectivity index (χ1n) is 6.23. The molecule has 19 heavy (non-hydrogen) atoms. The van der Waals surface area contributed by atoms with E-state index in [1.165, 1.54) is 18.2 Å². The van der Waals surface area contributed by atoms with Crippen molar-refractivity contribution in [2.45, 2.75) is 13.0 Å². The van der Waals surface area contributed by atoms with Gasteiger partial charge >= 0.3 is 0 Å². The Kier molecular flexibility index (Phi) is 4.34. The van der Waals surface area contributed by atoms with Crippen LogP contribution < -0.4 is 11.1 Å². The van der Waals surface area contributed by atoms with Crippen LogP contribution in [0.1, 0.15) is 6.92 Å². The molecule has 1 aliphatic rings. The number of carbonyl (C=O) groups is 1. The van der Waals surface area contributed by atoms with Gasteiger partial charge in [0.05, 0.1) is 31.1 Å². The van der Waals surface area contributed by atoms with Crippen LogP contribution in [0.4, 0.5) is 15.8 Å². The molecule has 2 rings (SSSR count). The quantitative estimate of drug-likeness (QED) is 0.804. The van der Waals surface area contributed by atoms with Gasteiger partial charge in [-0.2, -0.15) is 0 Å². The molecule has 1 aromatic carbocycles. The van der Waals surface area contributed by atoms with Gasteiger partial charge in [0.15, 0.2) is 0 Å². The van der Waals surface area contributed by atoms with Gasteiger partial charge in [-0.05, 0) is 25.1 Å². The third kappa shape index (κ3) is 3.65. The highest BCUT2D eigenvalue weighted by molar-refractivity contribution is 5.95. The first-order chi connectivity index (χ1) is 9.06. The van der Waals surface area contributed by atoms with Crippen LogP contribution in [0.25, 0.3) is 0 Å². The zero-order valence-electron chi connectivity index (χ0n) is 10.9.